The van der Waals surface area contributed by atoms with E-state index in [4.69, 9.17) is 0 Å². The number of aliphatic carboxylic acids is 1. The van der Waals surface area contributed by atoms with E-state index >= 15 is 0 Å². The number of pyridine rings is 1. The van der Waals surface area contributed by atoms with Crippen molar-refractivity contribution in [1.82, 2.24) is 10.3 Å². The van der Waals surface area contributed by atoms with Crippen LogP contribution in [0.2, 0.25) is 0 Å². The number of thioether (sulfide) groups is 1. The Kier molecular flexibility index (Phi) is 11.3. The van der Waals surface area contributed by atoms with Gasteiger partial charge in [-0.3, -0.25) is 14.6 Å². The number of nitrogens with one attached hydrogen (secondary N) is 1. The van der Waals surface area contributed by atoms with Gasteiger partial charge in [0.2, 0.25) is 5.78 Å². The molecule has 3 aromatic carbocycles. The van der Waals surface area contributed by atoms with Crippen LogP contribution in [-0.4, -0.2) is 64.7 Å². The Labute approximate surface area is 256 Å². The Bertz CT molecular complexity index is 1570. The number of carbonyl (C=O) groups is 3. The maximum atomic E-state index is 13.4. The van der Waals surface area contributed by atoms with Crippen molar-refractivity contribution >= 4 is 53.9 Å². The summed E-state index contributed by atoms with van der Waals surface area (Å²) in [6.45, 7) is 6.25. The summed E-state index contributed by atoms with van der Waals surface area (Å²) in [5, 5.41) is 12.3. The first-order chi connectivity index (χ1) is 19.3. The van der Waals surface area contributed by atoms with Crippen LogP contribution in [0.5, 0.6) is 0 Å². The van der Waals surface area contributed by atoms with Gasteiger partial charge in [0.1, 0.15) is 11.7 Å². The molecule has 0 saturated heterocycles. The summed E-state index contributed by atoms with van der Waals surface area (Å²) in [6, 6.07) is 24.5. The summed E-state index contributed by atoms with van der Waals surface area (Å²) in [7, 11) is 0. The molecule has 0 radical (unpaired) electrons. The summed E-state index contributed by atoms with van der Waals surface area (Å²) in [6.07, 6.45) is 3.79. The van der Waals surface area contributed by atoms with E-state index in [1.54, 1.807) is 48.7 Å². The number of carbonyl (C=O) groups excluding carboxylic acids is 2. The van der Waals surface area contributed by atoms with Crippen LogP contribution < -0.4 is 5.32 Å². The third kappa shape index (κ3) is 7.45. The minimum atomic E-state index is -1.07. The van der Waals surface area contributed by atoms with Crippen molar-refractivity contribution in [3.05, 3.63) is 131 Å². The summed E-state index contributed by atoms with van der Waals surface area (Å²) in [5.74, 6) is -1.14. The van der Waals surface area contributed by atoms with Crippen molar-refractivity contribution in [2.45, 2.75) is 19.4 Å². The van der Waals surface area contributed by atoms with E-state index in [2.05, 4.69) is 16.9 Å². The topological polar surface area (TPSA) is 96.4 Å². The number of carboxylic acids is 1. The number of benzene rings is 3. The molecule has 1 amide bonds. The van der Waals surface area contributed by atoms with Gasteiger partial charge in [-0.1, -0.05) is 73.3 Å². The number of hydrogen-bond acceptors (Lipinski definition) is 5. The molecule has 0 spiro atoms. The van der Waals surface area contributed by atoms with Crippen LogP contribution in [0, 0.1) is 6.92 Å². The van der Waals surface area contributed by atoms with Crippen LogP contribution in [0.25, 0.3) is 16.7 Å². The zero-order chi connectivity index (χ0) is 28.6. The summed E-state index contributed by atoms with van der Waals surface area (Å²) < 4.78 is 0. The number of ketones is 1. The number of rotatable bonds is 11. The third-order valence-electron chi connectivity index (χ3n) is 6.65. The summed E-state index contributed by atoms with van der Waals surface area (Å²) >= 11 is 1.52. The van der Waals surface area contributed by atoms with Crippen molar-refractivity contribution in [2.75, 3.05) is 12.0 Å². The normalized spacial score (nSPS) is 11.2. The van der Waals surface area contributed by atoms with Crippen molar-refractivity contribution < 1.29 is 19.5 Å². The number of nitrogens with zero attached hydrogens (tertiary/aromatic N) is 1. The van der Waals surface area contributed by atoms with Crippen molar-refractivity contribution in [2.24, 2.45) is 0 Å². The van der Waals surface area contributed by atoms with E-state index in [1.807, 2.05) is 55.6 Å². The molecule has 0 bridgehead atoms. The number of aromatic nitrogens is 1. The monoisotopic (exact) mass is 558 g/mol. The molecule has 8 heteroatoms. The first kappa shape index (κ1) is 31.6. The van der Waals surface area contributed by atoms with Gasteiger partial charge in [0, 0.05) is 22.9 Å². The summed E-state index contributed by atoms with van der Waals surface area (Å²) in [4.78, 5) is 42.9. The van der Waals surface area contributed by atoms with Gasteiger partial charge in [0.05, 0.1) is 0 Å². The second-order valence-corrected chi connectivity index (χ2v) is 10.3. The maximum absolute atomic E-state index is 13.4. The molecule has 1 atom stereocenters. The molecule has 1 aromatic heterocycles. The molecule has 204 valence electrons. The van der Waals surface area contributed by atoms with Crippen molar-refractivity contribution in [3.8, 4) is 11.1 Å². The predicted molar refractivity (Wildman–Crippen MR) is 168 cm³/mol. The van der Waals surface area contributed by atoms with Gasteiger partial charge in [0.25, 0.3) is 5.91 Å². The van der Waals surface area contributed by atoms with Crippen LogP contribution in [0.15, 0.2) is 97.7 Å². The molecule has 0 saturated carbocycles. The molecule has 4 aromatic rings. The van der Waals surface area contributed by atoms with Gasteiger partial charge in [-0.05, 0) is 71.4 Å². The Balaban J connectivity index is 0.00000462. The zero-order valence-corrected chi connectivity index (χ0v) is 23.2. The van der Waals surface area contributed by atoms with Gasteiger partial charge in [-0.2, -0.15) is 11.8 Å². The SMILES string of the molecule is C=C(c1ccc(C(=O)N[C@@H](CCSC)C(=O)O)c(-c2ccccc2C)c1)c1cccnc1C(=O)c1ccccc1.[LiH]. The standard InChI is InChI=1S/C33H30N2O4S.Li.H/c1-21-10-7-8-13-25(21)28-20-24(15-16-27(28)32(37)35-29(33(38)39)17-19-40-3)22(2)26-14-9-18-34-30(26)31(36)23-11-5-4-6-12-23;;/h4-16,18,20,29H,2,17,19H2,1,3H3,(H,35,37)(H,38,39);;/t29-;;/m0../s1. The molecule has 6 nitrogen and oxygen atoms in total. The first-order valence-corrected chi connectivity index (χ1v) is 14.2. The van der Waals surface area contributed by atoms with Crippen LogP contribution in [0.4, 0.5) is 0 Å². The number of amides is 1. The predicted octanol–water partition coefficient (Wildman–Crippen LogP) is 5.64. The van der Waals surface area contributed by atoms with Crippen molar-refractivity contribution in [3.63, 3.8) is 0 Å². The minimum absolute atomic E-state index is 0. The zero-order valence-electron chi connectivity index (χ0n) is 22.4. The van der Waals surface area contributed by atoms with E-state index in [9.17, 15) is 19.5 Å². The summed E-state index contributed by atoms with van der Waals surface area (Å²) in [5.41, 5.74) is 5.49. The van der Waals surface area contributed by atoms with Crippen LogP contribution in [0.3, 0.4) is 0 Å². The van der Waals surface area contributed by atoms with Crippen LogP contribution >= 0.6 is 11.8 Å². The Morgan fingerprint density at radius 2 is 1.61 bits per heavy atom. The fraction of sp³-hybridized carbons (Fsp3) is 0.152. The molecule has 0 aliphatic carbocycles. The van der Waals surface area contributed by atoms with Crippen LogP contribution in [-0.2, 0) is 4.79 Å². The first-order valence-electron chi connectivity index (χ1n) is 12.8. The molecular formula is C33H31LiN2O4S. The Hall–Kier alpha value is -3.89. The average Bonchev–Trinajstić information content (AvgIpc) is 2.98. The quantitative estimate of drug-likeness (QED) is 0.183. The third-order valence-corrected chi connectivity index (χ3v) is 7.29. The molecule has 4 rings (SSSR count). The van der Waals surface area contributed by atoms with Gasteiger partial charge in [0.15, 0.2) is 0 Å². The number of aryl methyl sites for hydroxylation is 1. The number of carboxylic acid groups (broad SMARTS) is 1. The van der Waals surface area contributed by atoms with E-state index in [0.29, 0.717) is 45.6 Å². The fourth-order valence-corrected chi connectivity index (χ4v) is 4.94. The second-order valence-electron chi connectivity index (χ2n) is 9.29. The van der Waals surface area contributed by atoms with E-state index in [-0.39, 0.29) is 30.3 Å². The van der Waals surface area contributed by atoms with E-state index < -0.39 is 17.9 Å². The van der Waals surface area contributed by atoms with Gasteiger partial charge in [-0.15, -0.1) is 0 Å². The molecule has 1 heterocycles. The molecule has 0 fully saturated rings. The molecule has 0 aliphatic rings. The second kappa shape index (κ2) is 14.7. The fourth-order valence-electron chi connectivity index (χ4n) is 4.47. The molecule has 41 heavy (non-hydrogen) atoms. The molecule has 2 N–H and O–H groups in total. The van der Waals surface area contributed by atoms with Gasteiger partial charge < -0.3 is 10.4 Å². The molecule has 0 aliphatic heterocycles. The Morgan fingerprint density at radius 1 is 0.902 bits per heavy atom. The van der Waals surface area contributed by atoms with Gasteiger partial charge >= 0.3 is 24.8 Å². The Morgan fingerprint density at radius 3 is 2.29 bits per heavy atom. The van der Waals surface area contributed by atoms with Gasteiger partial charge in [-0.25, -0.2) is 4.79 Å². The van der Waals surface area contributed by atoms with Crippen molar-refractivity contribution in [1.29, 1.82) is 0 Å². The van der Waals surface area contributed by atoms with Crippen LogP contribution in [0.1, 0.15) is 49.5 Å². The van der Waals surface area contributed by atoms with E-state index in [0.717, 1.165) is 11.1 Å². The number of hydrogen-bond donors (Lipinski definition) is 2. The average molecular weight is 559 g/mol. The van der Waals surface area contributed by atoms with E-state index in [1.165, 1.54) is 11.8 Å². The molecule has 0 unspecified atom stereocenters. The molecular weight excluding hydrogens is 527 g/mol.